The number of alkyl halides is 2. The Labute approximate surface area is 165 Å². The Morgan fingerprint density at radius 3 is 2.64 bits per heavy atom. The molecule has 6 heteroatoms. The van der Waals surface area contributed by atoms with Gasteiger partial charge in [0.1, 0.15) is 0 Å². The molecule has 2 aromatic rings. The Hall–Kier alpha value is -1.95. The number of amides is 1. The van der Waals surface area contributed by atoms with Crippen molar-refractivity contribution >= 4 is 16.8 Å². The summed E-state index contributed by atoms with van der Waals surface area (Å²) in [5.74, 6) is 0.769. The van der Waals surface area contributed by atoms with Gasteiger partial charge in [-0.1, -0.05) is 6.92 Å². The molecule has 28 heavy (non-hydrogen) atoms. The predicted molar refractivity (Wildman–Crippen MR) is 107 cm³/mol. The first-order valence-corrected chi connectivity index (χ1v) is 10.4. The van der Waals surface area contributed by atoms with Crippen molar-refractivity contribution in [2.45, 2.75) is 52.6 Å². The monoisotopic (exact) mass is 389 g/mol. The van der Waals surface area contributed by atoms with Gasteiger partial charge < -0.3 is 9.47 Å². The highest BCUT2D eigenvalue weighted by Gasteiger charge is 2.27. The van der Waals surface area contributed by atoms with Crippen molar-refractivity contribution in [2.75, 3.05) is 26.2 Å². The largest absolute Gasteiger partial charge is 0.344 e. The number of hydrogen-bond acceptors (Lipinski definition) is 2. The number of likely N-dealkylation sites (tertiary alicyclic amines) is 1. The zero-order valence-electron chi connectivity index (χ0n) is 16.8. The Balaban J connectivity index is 1.68. The van der Waals surface area contributed by atoms with Gasteiger partial charge in [-0.05, 0) is 49.4 Å². The van der Waals surface area contributed by atoms with Crippen LogP contribution in [0.1, 0.15) is 48.3 Å². The van der Waals surface area contributed by atoms with E-state index < -0.39 is 6.43 Å². The average Bonchev–Trinajstić information content (AvgIpc) is 3.00. The van der Waals surface area contributed by atoms with Gasteiger partial charge in [-0.25, -0.2) is 8.78 Å². The first kappa shape index (κ1) is 19.4. The first-order valence-electron chi connectivity index (χ1n) is 10.4. The van der Waals surface area contributed by atoms with Crippen LogP contribution < -0.4 is 0 Å². The van der Waals surface area contributed by atoms with Crippen LogP contribution in [-0.2, 0) is 19.5 Å². The standard InChI is InChI=1S/C22H29F2N3O/c1-3-27-19-5-4-16(22(28)26-10-6-15(2)7-11-26)12-17(19)18-13-25(14-21(23)24)9-8-20(18)27/h4-5,12,15,21H,3,6-11,13-14H2,1-2H3. The van der Waals surface area contributed by atoms with E-state index in [1.807, 2.05) is 28.0 Å². The van der Waals surface area contributed by atoms with Gasteiger partial charge >= 0.3 is 0 Å². The fraction of sp³-hybridized carbons (Fsp3) is 0.591. The van der Waals surface area contributed by atoms with E-state index in [4.69, 9.17) is 0 Å². The predicted octanol–water partition coefficient (Wildman–Crippen LogP) is 4.16. The molecular weight excluding hydrogens is 360 g/mol. The van der Waals surface area contributed by atoms with Crippen LogP contribution in [0.15, 0.2) is 18.2 Å². The Kier molecular flexibility index (Phi) is 5.41. The summed E-state index contributed by atoms with van der Waals surface area (Å²) in [6, 6.07) is 5.96. The molecule has 152 valence electrons. The molecule has 0 saturated carbocycles. The fourth-order valence-electron chi connectivity index (χ4n) is 4.75. The molecule has 0 aliphatic carbocycles. The number of nitrogens with zero attached hydrogens (tertiary/aromatic N) is 3. The SMILES string of the molecule is CCn1c2c(c3cc(C(=O)N4CCC(C)CC4)ccc31)CN(CC(F)F)CC2. The third-order valence-electron chi connectivity index (χ3n) is 6.36. The lowest BCUT2D eigenvalue weighted by atomic mass is 9.98. The molecule has 1 amide bonds. The lowest BCUT2D eigenvalue weighted by Gasteiger charge is -2.30. The number of aromatic nitrogens is 1. The van der Waals surface area contributed by atoms with Gasteiger partial charge in [0.15, 0.2) is 0 Å². The van der Waals surface area contributed by atoms with Crippen molar-refractivity contribution in [3.8, 4) is 0 Å². The number of benzene rings is 1. The second-order valence-electron chi connectivity index (χ2n) is 8.25. The van der Waals surface area contributed by atoms with E-state index in [1.165, 1.54) is 5.69 Å². The van der Waals surface area contributed by atoms with Crippen LogP contribution in [0, 0.1) is 5.92 Å². The summed E-state index contributed by atoms with van der Waals surface area (Å²) < 4.78 is 28.1. The quantitative estimate of drug-likeness (QED) is 0.786. The molecule has 0 N–H and O–H groups in total. The van der Waals surface area contributed by atoms with Gasteiger partial charge in [0, 0.05) is 61.3 Å². The number of fused-ring (bicyclic) bond motifs is 3. The van der Waals surface area contributed by atoms with Crippen molar-refractivity contribution in [3.63, 3.8) is 0 Å². The van der Waals surface area contributed by atoms with Crippen LogP contribution in [0.4, 0.5) is 8.78 Å². The van der Waals surface area contributed by atoms with Gasteiger partial charge in [-0.3, -0.25) is 9.69 Å². The van der Waals surface area contributed by atoms with E-state index in [2.05, 4.69) is 18.4 Å². The van der Waals surface area contributed by atoms with E-state index in [0.717, 1.165) is 55.4 Å². The van der Waals surface area contributed by atoms with Gasteiger partial charge in [0.25, 0.3) is 12.3 Å². The molecule has 4 rings (SSSR count). The van der Waals surface area contributed by atoms with Crippen LogP contribution in [-0.4, -0.2) is 52.9 Å². The average molecular weight is 389 g/mol. The van der Waals surface area contributed by atoms with Gasteiger partial charge in [-0.15, -0.1) is 0 Å². The highest BCUT2D eigenvalue weighted by molar-refractivity contribution is 5.99. The third-order valence-corrected chi connectivity index (χ3v) is 6.36. The van der Waals surface area contributed by atoms with E-state index in [1.54, 1.807) is 0 Å². The van der Waals surface area contributed by atoms with E-state index in [9.17, 15) is 13.6 Å². The van der Waals surface area contributed by atoms with E-state index in [-0.39, 0.29) is 12.5 Å². The lowest BCUT2D eigenvalue weighted by molar-refractivity contribution is 0.0697. The smallest absolute Gasteiger partial charge is 0.253 e. The zero-order valence-corrected chi connectivity index (χ0v) is 16.8. The van der Waals surface area contributed by atoms with Crippen molar-refractivity contribution in [2.24, 2.45) is 5.92 Å². The molecule has 0 unspecified atom stereocenters. The highest BCUT2D eigenvalue weighted by atomic mass is 19.3. The Morgan fingerprint density at radius 2 is 1.96 bits per heavy atom. The molecule has 1 saturated heterocycles. The molecule has 3 heterocycles. The van der Waals surface area contributed by atoms with Crippen LogP contribution >= 0.6 is 0 Å². The van der Waals surface area contributed by atoms with Crippen molar-refractivity contribution in [1.29, 1.82) is 0 Å². The number of carbonyl (C=O) groups is 1. The summed E-state index contributed by atoms with van der Waals surface area (Å²) in [5, 5.41) is 1.05. The Bertz CT molecular complexity index is 868. The van der Waals surface area contributed by atoms with Crippen LogP contribution in [0.25, 0.3) is 10.9 Å². The number of halogens is 2. The number of aryl methyl sites for hydroxylation is 1. The summed E-state index contributed by atoms with van der Waals surface area (Å²) in [6.45, 7) is 7.81. The topological polar surface area (TPSA) is 28.5 Å². The molecule has 0 spiro atoms. The lowest BCUT2D eigenvalue weighted by Crippen LogP contribution is -2.37. The molecule has 1 aromatic heterocycles. The molecule has 4 nitrogen and oxygen atoms in total. The minimum atomic E-state index is -2.32. The summed E-state index contributed by atoms with van der Waals surface area (Å²) in [5.41, 5.74) is 4.17. The minimum Gasteiger partial charge on any atom is -0.344 e. The second kappa shape index (κ2) is 7.82. The van der Waals surface area contributed by atoms with Gasteiger partial charge in [0.05, 0.1) is 6.54 Å². The normalized spacial score (nSPS) is 18.8. The fourth-order valence-corrected chi connectivity index (χ4v) is 4.75. The summed E-state index contributed by atoms with van der Waals surface area (Å²) in [7, 11) is 0. The van der Waals surface area contributed by atoms with E-state index in [0.29, 0.717) is 24.6 Å². The molecule has 0 bridgehead atoms. The molecule has 0 atom stereocenters. The summed E-state index contributed by atoms with van der Waals surface area (Å²) in [6.07, 6.45) is 0.563. The maximum Gasteiger partial charge on any atom is 0.253 e. The van der Waals surface area contributed by atoms with E-state index >= 15 is 0 Å². The molecule has 2 aliphatic heterocycles. The third kappa shape index (κ3) is 3.54. The first-order chi connectivity index (χ1) is 13.5. The van der Waals surface area contributed by atoms with Gasteiger partial charge in [0.2, 0.25) is 0 Å². The molecule has 0 radical (unpaired) electrons. The second-order valence-corrected chi connectivity index (χ2v) is 8.25. The molecule has 1 fully saturated rings. The summed E-state index contributed by atoms with van der Waals surface area (Å²) >= 11 is 0. The number of rotatable bonds is 4. The van der Waals surface area contributed by atoms with Crippen molar-refractivity contribution in [3.05, 3.63) is 35.0 Å². The molecule has 1 aromatic carbocycles. The highest BCUT2D eigenvalue weighted by Crippen LogP contribution is 2.32. The zero-order chi connectivity index (χ0) is 19.8. The number of piperidine rings is 1. The minimum absolute atomic E-state index is 0.0899. The maximum atomic E-state index is 13.0. The Morgan fingerprint density at radius 1 is 1.21 bits per heavy atom. The van der Waals surface area contributed by atoms with Crippen LogP contribution in [0.5, 0.6) is 0 Å². The maximum absolute atomic E-state index is 13.0. The molecule has 2 aliphatic rings. The van der Waals surface area contributed by atoms with Gasteiger partial charge in [-0.2, -0.15) is 0 Å². The van der Waals surface area contributed by atoms with Crippen molar-refractivity contribution in [1.82, 2.24) is 14.4 Å². The van der Waals surface area contributed by atoms with Crippen LogP contribution in [0.3, 0.4) is 0 Å². The summed E-state index contributed by atoms with van der Waals surface area (Å²) in [4.78, 5) is 16.8. The molecular formula is C22H29F2N3O. The number of hydrogen-bond donors (Lipinski definition) is 0. The number of carbonyl (C=O) groups excluding carboxylic acids is 1. The van der Waals surface area contributed by atoms with Crippen molar-refractivity contribution < 1.29 is 13.6 Å². The van der Waals surface area contributed by atoms with Crippen LogP contribution in [0.2, 0.25) is 0 Å².